The molecule has 2 aromatic carbocycles. The summed E-state index contributed by atoms with van der Waals surface area (Å²) >= 11 is 6.08. The molecule has 4 aromatic rings. The van der Waals surface area contributed by atoms with E-state index in [1.165, 1.54) is 10.8 Å². The third-order valence-electron chi connectivity index (χ3n) is 5.43. The molecule has 0 radical (unpaired) electrons. The Morgan fingerprint density at radius 2 is 1.89 bits per heavy atom. The normalized spacial score (nSPS) is 11.9. The zero-order valence-corrected chi connectivity index (χ0v) is 21.4. The first-order valence-electron chi connectivity index (χ1n) is 11.2. The summed E-state index contributed by atoms with van der Waals surface area (Å²) in [4.78, 5) is 22.6. The molecule has 0 aliphatic heterocycles. The largest absolute Gasteiger partial charge is 0.478 e. The molecule has 36 heavy (non-hydrogen) atoms. The number of aromatic nitrogens is 2. The number of fused-ring (bicyclic) bond motifs is 1. The van der Waals surface area contributed by atoms with Gasteiger partial charge in [0.2, 0.25) is 5.88 Å². The van der Waals surface area contributed by atoms with Crippen LogP contribution >= 0.6 is 11.6 Å². The van der Waals surface area contributed by atoms with Gasteiger partial charge >= 0.3 is 0 Å². The van der Waals surface area contributed by atoms with Crippen LogP contribution in [0.25, 0.3) is 27.7 Å². The first kappa shape index (κ1) is 25.4. The summed E-state index contributed by atoms with van der Waals surface area (Å²) in [6.45, 7) is 2.44. The van der Waals surface area contributed by atoms with Crippen LogP contribution in [0, 0.1) is 0 Å². The zero-order chi connectivity index (χ0) is 25.9. The molecule has 2 heterocycles. The Morgan fingerprint density at radius 3 is 2.58 bits per heavy atom. The maximum Gasteiger partial charge on any atom is 0.265 e. The minimum Gasteiger partial charge on any atom is -0.478 e. The van der Waals surface area contributed by atoms with Crippen molar-refractivity contribution in [3.8, 4) is 22.7 Å². The monoisotopic (exact) mass is 524 g/mol. The number of anilines is 1. The van der Waals surface area contributed by atoms with Crippen LogP contribution in [0.1, 0.15) is 12.5 Å². The Labute approximate surface area is 214 Å². The van der Waals surface area contributed by atoms with Crippen molar-refractivity contribution in [2.45, 2.75) is 6.92 Å². The molecule has 10 heteroatoms. The summed E-state index contributed by atoms with van der Waals surface area (Å²) in [5.74, 6) is 0.367. The molecule has 0 fully saturated rings. The van der Waals surface area contributed by atoms with Gasteiger partial charge in [-0.25, -0.2) is 13.4 Å². The molecular formula is C26H25ClN4O4S. The van der Waals surface area contributed by atoms with Crippen molar-refractivity contribution in [1.29, 1.82) is 0 Å². The first-order chi connectivity index (χ1) is 17.2. The highest BCUT2D eigenvalue weighted by molar-refractivity contribution is 7.90. The summed E-state index contributed by atoms with van der Waals surface area (Å²) in [5.41, 5.74) is 9.03. The number of sulfone groups is 1. The summed E-state index contributed by atoms with van der Waals surface area (Å²) in [6.07, 6.45) is 4.40. The van der Waals surface area contributed by atoms with Crippen molar-refractivity contribution in [3.63, 3.8) is 0 Å². The molecule has 0 spiro atoms. The lowest BCUT2D eigenvalue weighted by atomic mass is 10.0. The van der Waals surface area contributed by atoms with Crippen molar-refractivity contribution < 1.29 is 13.2 Å². The smallest absolute Gasteiger partial charge is 0.265 e. The van der Waals surface area contributed by atoms with Gasteiger partial charge in [-0.3, -0.25) is 14.4 Å². The average molecular weight is 525 g/mol. The number of aliphatic imine (C=N–C) groups is 1. The van der Waals surface area contributed by atoms with Crippen LogP contribution in [0.5, 0.6) is 5.88 Å². The highest BCUT2D eigenvalue weighted by Gasteiger charge is 2.16. The van der Waals surface area contributed by atoms with E-state index < -0.39 is 9.84 Å². The van der Waals surface area contributed by atoms with Crippen molar-refractivity contribution in [1.82, 2.24) is 9.55 Å². The van der Waals surface area contributed by atoms with Gasteiger partial charge in [-0.1, -0.05) is 23.7 Å². The lowest BCUT2D eigenvalue weighted by molar-refractivity contribution is 0.328. The highest BCUT2D eigenvalue weighted by Crippen LogP contribution is 2.28. The van der Waals surface area contributed by atoms with Gasteiger partial charge < -0.3 is 10.5 Å². The van der Waals surface area contributed by atoms with Crippen LogP contribution in [0.15, 0.2) is 70.6 Å². The van der Waals surface area contributed by atoms with Gasteiger partial charge in [-0.05, 0) is 48.9 Å². The fourth-order valence-electron chi connectivity index (χ4n) is 3.68. The summed E-state index contributed by atoms with van der Waals surface area (Å²) in [7, 11) is -3.12. The topological polar surface area (TPSA) is 117 Å². The fourth-order valence-corrected chi connectivity index (χ4v) is 4.24. The second-order valence-electron chi connectivity index (χ2n) is 8.18. The Hall–Kier alpha value is -3.69. The summed E-state index contributed by atoms with van der Waals surface area (Å²) in [6, 6.07) is 15.8. The summed E-state index contributed by atoms with van der Waals surface area (Å²) < 4.78 is 29.8. The van der Waals surface area contributed by atoms with E-state index in [0.29, 0.717) is 51.1 Å². The molecule has 2 aromatic heterocycles. The molecule has 2 N–H and O–H groups in total. The number of ether oxygens (including phenoxy) is 1. The van der Waals surface area contributed by atoms with Gasteiger partial charge in [-0.15, -0.1) is 0 Å². The van der Waals surface area contributed by atoms with E-state index in [9.17, 15) is 13.2 Å². The SMILES string of the molecule is CCOc1ccc2cn(-c3ccc(N)c(C=NCCS(C)(=O)=O)c3)c(=O)c(-c3ccc(Cl)cc3)c2n1. The molecule has 0 bridgehead atoms. The minimum atomic E-state index is -3.12. The van der Waals surface area contributed by atoms with E-state index >= 15 is 0 Å². The van der Waals surface area contributed by atoms with Gasteiger partial charge in [-0.2, -0.15) is 0 Å². The highest BCUT2D eigenvalue weighted by atomic mass is 35.5. The van der Waals surface area contributed by atoms with E-state index in [-0.39, 0.29) is 17.9 Å². The average Bonchev–Trinajstić information content (AvgIpc) is 2.83. The van der Waals surface area contributed by atoms with E-state index in [1.807, 2.05) is 13.0 Å². The Morgan fingerprint density at radius 1 is 1.14 bits per heavy atom. The lowest BCUT2D eigenvalue weighted by Crippen LogP contribution is -2.21. The zero-order valence-electron chi connectivity index (χ0n) is 19.8. The van der Waals surface area contributed by atoms with Crippen LogP contribution in [0.3, 0.4) is 0 Å². The Bertz CT molecular complexity index is 1610. The Balaban J connectivity index is 1.87. The number of halogens is 1. The number of benzene rings is 2. The molecule has 0 saturated carbocycles. The molecular weight excluding hydrogens is 500 g/mol. The fraction of sp³-hybridized carbons (Fsp3) is 0.192. The van der Waals surface area contributed by atoms with Crippen LogP contribution < -0.4 is 16.0 Å². The van der Waals surface area contributed by atoms with E-state index in [2.05, 4.69) is 9.98 Å². The molecule has 0 atom stereocenters. The Kier molecular flexibility index (Phi) is 7.42. The maximum atomic E-state index is 13.8. The number of nitrogens with zero attached hydrogens (tertiary/aromatic N) is 3. The van der Waals surface area contributed by atoms with Gasteiger partial charge in [0.15, 0.2) is 0 Å². The molecule has 4 rings (SSSR count). The number of rotatable bonds is 8. The maximum absolute atomic E-state index is 13.8. The van der Waals surface area contributed by atoms with Gasteiger partial charge in [0.25, 0.3) is 5.56 Å². The van der Waals surface area contributed by atoms with Gasteiger partial charge in [0, 0.05) is 52.1 Å². The molecule has 0 saturated heterocycles. The van der Waals surface area contributed by atoms with Crippen LogP contribution in [0.2, 0.25) is 5.02 Å². The van der Waals surface area contributed by atoms with Crippen molar-refractivity contribution in [3.05, 3.63) is 81.7 Å². The summed E-state index contributed by atoms with van der Waals surface area (Å²) in [5, 5.41) is 1.30. The van der Waals surface area contributed by atoms with Crippen LogP contribution in [-0.4, -0.2) is 49.3 Å². The number of pyridine rings is 2. The number of nitrogen functional groups attached to an aromatic ring is 1. The molecule has 0 aliphatic carbocycles. The molecule has 186 valence electrons. The molecule has 0 amide bonds. The third kappa shape index (κ3) is 5.75. The van der Waals surface area contributed by atoms with Crippen molar-refractivity contribution in [2.24, 2.45) is 4.99 Å². The van der Waals surface area contributed by atoms with Gasteiger partial charge in [0.05, 0.1) is 30.0 Å². The predicted molar refractivity (Wildman–Crippen MR) is 146 cm³/mol. The van der Waals surface area contributed by atoms with Crippen molar-refractivity contribution in [2.75, 3.05) is 30.9 Å². The molecule has 0 aliphatic rings. The van der Waals surface area contributed by atoms with E-state index in [0.717, 1.165) is 11.6 Å². The second-order valence-corrected chi connectivity index (χ2v) is 10.9. The third-order valence-corrected chi connectivity index (χ3v) is 6.61. The first-order valence-corrected chi connectivity index (χ1v) is 13.6. The molecule has 0 unspecified atom stereocenters. The lowest BCUT2D eigenvalue weighted by Gasteiger charge is -2.14. The van der Waals surface area contributed by atoms with Crippen LogP contribution in [-0.2, 0) is 9.84 Å². The quantitative estimate of drug-likeness (QED) is 0.273. The number of nitrogens with two attached hydrogens (primary N) is 1. The minimum absolute atomic E-state index is 0.0611. The number of hydrogen-bond donors (Lipinski definition) is 1. The van der Waals surface area contributed by atoms with E-state index in [1.54, 1.807) is 54.7 Å². The van der Waals surface area contributed by atoms with Gasteiger partial charge in [0.1, 0.15) is 9.84 Å². The molecule has 8 nitrogen and oxygen atoms in total. The van der Waals surface area contributed by atoms with E-state index in [4.69, 9.17) is 22.1 Å². The standard InChI is InChI=1S/C26H25ClN4O4S/c1-3-35-23-11-6-18-16-31(26(32)24(25(18)30-23)17-4-7-20(27)8-5-17)21-9-10-22(28)19(14-21)15-29-12-13-36(2,33)34/h4-11,14-16H,3,12-13,28H2,1-2H3. The number of hydrogen-bond acceptors (Lipinski definition) is 7. The van der Waals surface area contributed by atoms with Crippen LogP contribution in [0.4, 0.5) is 5.69 Å². The predicted octanol–water partition coefficient (Wildman–Crippen LogP) is 4.15. The van der Waals surface area contributed by atoms with Crippen molar-refractivity contribution >= 4 is 44.2 Å². The second kappa shape index (κ2) is 10.5.